The van der Waals surface area contributed by atoms with E-state index in [0.29, 0.717) is 30.0 Å². The summed E-state index contributed by atoms with van der Waals surface area (Å²) in [6.45, 7) is 4.01. The topological polar surface area (TPSA) is 43.4 Å². The first-order chi connectivity index (χ1) is 8.54. The van der Waals surface area contributed by atoms with Crippen LogP contribution in [0.5, 0.6) is 0 Å². The van der Waals surface area contributed by atoms with Gasteiger partial charge in [0.25, 0.3) is 0 Å². The summed E-state index contributed by atoms with van der Waals surface area (Å²) in [5.74, 6) is -0.243. The summed E-state index contributed by atoms with van der Waals surface area (Å²) < 4.78 is 4.80. The van der Waals surface area contributed by atoms with Gasteiger partial charge in [-0.15, -0.1) is 0 Å². The van der Waals surface area contributed by atoms with E-state index in [4.69, 9.17) is 16.3 Å². The standard InChI is InChI=1S/C14H17ClO3/c1-3-18-14(17)6-4-5-13(16)12-9-11(15)8-7-10(12)2/h7-9H,3-6H2,1-2H3. The molecule has 0 radical (unpaired) electrons. The van der Waals surface area contributed by atoms with Gasteiger partial charge in [-0.2, -0.15) is 0 Å². The molecule has 0 unspecified atom stereocenters. The molecule has 98 valence electrons. The van der Waals surface area contributed by atoms with E-state index in [0.717, 1.165) is 5.56 Å². The highest BCUT2D eigenvalue weighted by atomic mass is 35.5. The molecule has 0 aliphatic heterocycles. The fourth-order valence-electron chi connectivity index (χ4n) is 1.66. The quantitative estimate of drug-likeness (QED) is 0.585. The van der Waals surface area contributed by atoms with Crippen LogP contribution in [-0.2, 0) is 9.53 Å². The van der Waals surface area contributed by atoms with Gasteiger partial charge in [0.2, 0.25) is 0 Å². The minimum absolute atomic E-state index is 0.0132. The molecule has 0 N–H and O–H groups in total. The lowest BCUT2D eigenvalue weighted by Crippen LogP contribution is -2.06. The Morgan fingerprint density at radius 2 is 2.00 bits per heavy atom. The van der Waals surface area contributed by atoms with E-state index >= 15 is 0 Å². The zero-order valence-corrected chi connectivity index (χ0v) is 11.4. The molecule has 4 heteroatoms. The van der Waals surface area contributed by atoms with Crippen molar-refractivity contribution < 1.29 is 14.3 Å². The maximum atomic E-state index is 11.9. The third-order valence-electron chi connectivity index (χ3n) is 2.59. The van der Waals surface area contributed by atoms with Crippen molar-refractivity contribution in [3.8, 4) is 0 Å². The molecule has 0 fully saturated rings. The number of ketones is 1. The third-order valence-corrected chi connectivity index (χ3v) is 2.83. The number of esters is 1. The molecule has 0 aromatic heterocycles. The van der Waals surface area contributed by atoms with Crippen molar-refractivity contribution in [1.82, 2.24) is 0 Å². The SMILES string of the molecule is CCOC(=O)CCCC(=O)c1cc(Cl)ccc1C. The lowest BCUT2D eigenvalue weighted by atomic mass is 10.0. The van der Waals surface area contributed by atoms with Crippen molar-refractivity contribution in [2.24, 2.45) is 0 Å². The van der Waals surface area contributed by atoms with Crippen LogP contribution in [0.15, 0.2) is 18.2 Å². The Labute approximate surface area is 112 Å². The molecule has 1 aromatic carbocycles. The number of aryl methyl sites for hydroxylation is 1. The summed E-state index contributed by atoms with van der Waals surface area (Å²) in [7, 11) is 0. The summed E-state index contributed by atoms with van der Waals surface area (Å²) in [5, 5.41) is 0.550. The Morgan fingerprint density at radius 3 is 2.67 bits per heavy atom. The second-order valence-corrected chi connectivity index (χ2v) is 4.48. The summed E-state index contributed by atoms with van der Waals surface area (Å²) in [6, 6.07) is 5.25. The Morgan fingerprint density at radius 1 is 1.28 bits per heavy atom. The molecular weight excluding hydrogens is 252 g/mol. The predicted octanol–water partition coefficient (Wildman–Crippen LogP) is 3.56. The lowest BCUT2D eigenvalue weighted by Gasteiger charge is -2.05. The number of rotatable bonds is 6. The van der Waals surface area contributed by atoms with E-state index in [1.165, 1.54) is 0 Å². The number of Topliss-reactive ketones (excluding diaryl/α,β-unsaturated/α-hetero) is 1. The summed E-state index contributed by atoms with van der Waals surface area (Å²) in [6.07, 6.45) is 1.11. The van der Waals surface area contributed by atoms with Crippen LogP contribution in [0.4, 0.5) is 0 Å². The van der Waals surface area contributed by atoms with E-state index in [1.807, 2.05) is 13.0 Å². The van der Waals surface area contributed by atoms with E-state index in [1.54, 1.807) is 19.1 Å². The van der Waals surface area contributed by atoms with Crippen LogP contribution in [-0.4, -0.2) is 18.4 Å². The van der Waals surface area contributed by atoms with Crippen LogP contribution in [0.3, 0.4) is 0 Å². The summed E-state index contributed by atoms with van der Waals surface area (Å²) in [4.78, 5) is 23.1. The second-order valence-electron chi connectivity index (χ2n) is 4.04. The number of carbonyl (C=O) groups excluding carboxylic acids is 2. The number of hydrogen-bond donors (Lipinski definition) is 0. The van der Waals surface area contributed by atoms with Gasteiger partial charge in [0.15, 0.2) is 5.78 Å². The maximum absolute atomic E-state index is 11.9. The molecule has 0 atom stereocenters. The van der Waals surface area contributed by atoms with Crippen molar-refractivity contribution in [2.45, 2.75) is 33.1 Å². The minimum atomic E-state index is -0.256. The van der Waals surface area contributed by atoms with Gasteiger partial charge in [-0.1, -0.05) is 17.7 Å². The van der Waals surface area contributed by atoms with Crippen LogP contribution in [0, 0.1) is 6.92 Å². The molecular formula is C14H17ClO3. The molecule has 18 heavy (non-hydrogen) atoms. The first-order valence-electron chi connectivity index (χ1n) is 5.99. The van der Waals surface area contributed by atoms with Crippen molar-refractivity contribution in [3.63, 3.8) is 0 Å². The van der Waals surface area contributed by atoms with Crippen LogP contribution >= 0.6 is 11.6 Å². The monoisotopic (exact) mass is 268 g/mol. The Kier molecular flexibility index (Phi) is 5.86. The number of hydrogen-bond acceptors (Lipinski definition) is 3. The average molecular weight is 269 g/mol. The zero-order valence-electron chi connectivity index (χ0n) is 10.7. The first kappa shape index (κ1) is 14.7. The lowest BCUT2D eigenvalue weighted by molar-refractivity contribution is -0.143. The van der Waals surface area contributed by atoms with Gasteiger partial charge in [-0.25, -0.2) is 0 Å². The fraction of sp³-hybridized carbons (Fsp3) is 0.429. The van der Waals surface area contributed by atoms with Crippen molar-refractivity contribution in [3.05, 3.63) is 34.3 Å². The van der Waals surface area contributed by atoms with Crippen LogP contribution < -0.4 is 0 Å². The first-order valence-corrected chi connectivity index (χ1v) is 6.37. The highest BCUT2D eigenvalue weighted by molar-refractivity contribution is 6.31. The van der Waals surface area contributed by atoms with Gasteiger partial charge in [0, 0.05) is 23.4 Å². The van der Waals surface area contributed by atoms with E-state index in [2.05, 4.69) is 0 Å². The molecule has 0 saturated heterocycles. The van der Waals surface area contributed by atoms with Gasteiger partial charge in [0.05, 0.1) is 6.61 Å². The zero-order chi connectivity index (χ0) is 13.5. The van der Waals surface area contributed by atoms with Gasteiger partial charge in [-0.3, -0.25) is 9.59 Å². The number of halogens is 1. The van der Waals surface area contributed by atoms with Crippen molar-refractivity contribution in [1.29, 1.82) is 0 Å². The largest absolute Gasteiger partial charge is 0.466 e. The Hall–Kier alpha value is -1.35. The molecule has 1 aromatic rings. The van der Waals surface area contributed by atoms with Crippen molar-refractivity contribution >= 4 is 23.4 Å². The molecule has 0 bridgehead atoms. The maximum Gasteiger partial charge on any atom is 0.305 e. The fourth-order valence-corrected chi connectivity index (χ4v) is 1.83. The van der Waals surface area contributed by atoms with Crippen molar-refractivity contribution in [2.75, 3.05) is 6.61 Å². The Bertz CT molecular complexity index is 441. The Balaban J connectivity index is 2.50. The van der Waals surface area contributed by atoms with Gasteiger partial charge in [-0.05, 0) is 38.0 Å². The highest BCUT2D eigenvalue weighted by Crippen LogP contribution is 2.18. The second kappa shape index (κ2) is 7.17. The van der Waals surface area contributed by atoms with E-state index in [9.17, 15) is 9.59 Å². The van der Waals surface area contributed by atoms with Gasteiger partial charge >= 0.3 is 5.97 Å². The number of benzene rings is 1. The highest BCUT2D eigenvalue weighted by Gasteiger charge is 2.11. The predicted molar refractivity (Wildman–Crippen MR) is 71.0 cm³/mol. The van der Waals surface area contributed by atoms with Crippen LogP contribution in [0.25, 0.3) is 0 Å². The summed E-state index contributed by atoms with van der Waals surface area (Å²) >= 11 is 5.86. The summed E-state index contributed by atoms with van der Waals surface area (Å²) in [5.41, 5.74) is 1.53. The molecule has 0 spiro atoms. The van der Waals surface area contributed by atoms with Crippen LogP contribution in [0.2, 0.25) is 5.02 Å². The number of ether oxygens (including phenoxy) is 1. The molecule has 0 aliphatic carbocycles. The average Bonchev–Trinajstić information content (AvgIpc) is 2.32. The molecule has 0 saturated carbocycles. The van der Waals surface area contributed by atoms with Gasteiger partial charge < -0.3 is 4.74 Å². The van der Waals surface area contributed by atoms with Crippen LogP contribution in [0.1, 0.15) is 42.1 Å². The smallest absolute Gasteiger partial charge is 0.305 e. The normalized spacial score (nSPS) is 10.2. The minimum Gasteiger partial charge on any atom is -0.466 e. The third kappa shape index (κ3) is 4.49. The molecule has 0 heterocycles. The number of carbonyl (C=O) groups is 2. The molecule has 1 rings (SSSR count). The molecule has 3 nitrogen and oxygen atoms in total. The van der Waals surface area contributed by atoms with Gasteiger partial charge in [0.1, 0.15) is 0 Å². The molecule has 0 aliphatic rings. The van der Waals surface area contributed by atoms with E-state index in [-0.39, 0.29) is 18.2 Å². The molecule has 0 amide bonds. The van der Waals surface area contributed by atoms with E-state index < -0.39 is 0 Å².